The second kappa shape index (κ2) is 3.43. The lowest BCUT2D eigenvalue weighted by Crippen LogP contribution is -2.16. The van der Waals surface area contributed by atoms with Crippen LogP contribution in [0.2, 0.25) is 0 Å². The summed E-state index contributed by atoms with van der Waals surface area (Å²) in [4.78, 5) is 14.7. The highest BCUT2D eigenvalue weighted by atomic mass is 32.1. The van der Waals surface area contributed by atoms with Gasteiger partial charge in [0.2, 0.25) is 6.04 Å². The summed E-state index contributed by atoms with van der Waals surface area (Å²) in [7, 11) is 0. The first-order valence-corrected chi connectivity index (χ1v) is 4.09. The Kier molecular flexibility index (Phi) is 2.53. The molecule has 0 spiro atoms. The molecular weight excluding hydrogens is 164 g/mol. The number of hydrogen-bond acceptors (Lipinski definition) is 4. The van der Waals surface area contributed by atoms with E-state index in [1.807, 2.05) is 0 Å². The van der Waals surface area contributed by atoms with Crippen molar-refractivity contribution < 1.29 is 4.92 Å². The topological polar surface area (TPSA) is 56.0 Å². The van der Waals surface area contributed by atoms with Crippen LogP contribution in [-0.4, -0.2) is 15.9 Å². The first-order chi connectivity index (χ1) is 5.20. The normalized spacial score (nSPS) is 12.8. The fourth-order valence-corrected chi connectivity index (χ4v) is 1.42. The molecular formula is C6H8N2O2S. The summed E-state index contributed by atoms with van der Waals surface area (Å²) in [5.41, 5.74) is 1.68. The fourth-order valence-electron chi connectivity index (χ4n) is 0.709. The molecule has 1 rings (SSSR count). The molecule has 0 amide bonds. The number of aromatic nitrogens is 1. The Hall–Kier alpha value is -0.970. The molecule has 0 aromatic carbocycles. The maximum atomic E-state index is 10.2. The number of thiazole rings is 1. The molecule has 1 aromatic heterocycles. The maximum Gasteiger partial charge on any atom is 0.215 e. The van der Waals surface area contributed by atoms with Crippen LogP contribution in [-0.2, 0) is 6.42 Å². The van der Waals surface area contributed by atoms with Gasteiger partial charge in [-0.25, -0.2) is 0 Å². The maximum absolute atomic E-state index is 10.2. The van der Waals surface area contributed by atoms with Crippen LogP contribution in [0.1, 0.15) is 11.8 Å². The molecule has 0 aliphatic carbocycles. The van der Waals surface area contributed by atoms with Crippen LogP contribution in [0.4, 0.5) is 0 Å². The zero-order valence-electron chi connectivity index (χ0n) is 6.06. The van der Waals surface area contributed by atoms with E-state index in [0.717, 1.165) is 4.88 Å². The Balaban J connectivity index is 2.50. The van der Waals surface area contributed by atoms with Crippen molar-refractivity contribution >= 4 is 11.3 Å². The molecule has 1 aromatic rings. The third-order valence-corrected chi connectivity index (χ3v) is 2.14. The predicted molar refractivity (Wildman–Crippen MR) is 42.3 cm³/mol. The molecule has 1 heterocycles. The molecule has 0 radical (unpaired) electrons. The predicted octanol–water partition coefficient (Wildman–Crippen LogP) is 1.35. The molecule has 11 heavy (non-hydrogen) atoms. The van der Waals surface area contributed by atoms with Crippen LogP contribution < -0.4 is 0 Å². The number of rotatable bonds is 3. The highest BCUT2D eigenvalue weighted by Gasteiger charge is 2.13. The van der Waals surface area contributed by atoms with Gasteiger partial charge in [-0.1, -0.05) is 0 Å². The van der Waals surface area contributed by atoms with Crippen molar-refractivity contribution in [2.45, 2.75) is 19.4 Å². The van der Waals surface area contributed by atoms with Gasteiger partial charge in [0.05, 0.1) is 11.9 Å². The van der Waals surface area contributed by atoms with E-state index in [0.29, 0.717) is 6.42 Å². The van der Waals surface area contributed by atoms with Crippen molar-refractivity contribution in [3.8, 4) is 0 Å². The number of hydrogen-bond donors (Lipinski definition) is 0. The van der Waals surface area contributed by atoms with Crippen molar-refractivity contribution in [3.63, 3.8) is 0 Å². The Labute approximate surface area is 68.0 Å². The zero-order chi connectivity index (χ0) is 8.27. The van der Waals surface area contributed by atoms with E-state index in [1.165, 1.54) is 11.3 Å². The van der Waals surface area contributed by atoms with Gasteiger partial charge in [-0.15, -0.1) is 11.3 Å². The standard InChI is InChI=1S/C6H8N2O2S/c1-5(8(9)10)2-6-3-7-4-11-6/h3-5H,2H2,1H3. The van der Waals surface area contributed by atoms with Crippen LogP contribution in [0.5, 0.6) is 0 Å². The summed E-state index contributed by atoms with van der Waals surface area (Å²) in [5.74, 6) is 0. The average molecular weight is 172 g/mol. The van der Waals surface area contributed by atoms with Gasteiger partial charge in [-0.05, 0) is 0 Å². The lowest BCUT2D eigenvalue weighted by Gasteiger charge is -1.98. The van der Waals surface area contributed by atoms with Gasteiger partial charge < -0.3 is 0 Å². The Bertz CT molecular complexity index is 235. The first-order valence-electron chi connectivity index (χ1n) is 3.21. The summed E-state index contributed by atoms with van der Waals surface area (Å²) >= 11 is 1.45. The van der Waals surface area contributed by atoms with Gasteiger partial charge in [0.25, 0.3) is 0 Å². The van der Waals surface area contributed by atoms with Gasteiger partial charge in [-0.2, -0.15) is 0 Å². The second-order valence-corrected chi connectivity index (χ2v) is 3.28. The smallest absolute Gasteiger partial charge is 0.215 e. The third kappa shape index (κ3) is 2.27. The van der Waals surface area contributed by atoms with E-state index >= 15 is 0 Å². The monoisotopic (exact) mass is 172 g/mol. The summed E-state index contributed by atoms with van der Waals surface area (Å²) < 4.78 is 0. The van der Waals surface area contributed by atoms with Crippen LogP contribution in [0.15, 0.2) is 11.7 Å². The molecule has 0 bridgehead atoms. The van der Waals surface area contributed by atoms with Gasteiger partial charge in [0, 0.05) is 22.9 Å². The number of nitrogens with zero attached hydrogens (tertiary/aromatic N) is 2. The van der Waals surface area contributed by atoms with Crippen molar-refractivity contribution in [2.24, 2.45) is 0 Å². The van der Waals surface area contributed by atoms with E-state index in [2.05, 4.69) is 4.98 Å². The van der Waals surface area contributed by atoms with Crippen LogP contribution >= 0.6 is 11.3 Å². The van der Waals surface area contributed by atoms with Crippen molar-refractivity contribution in [3.05, 3.63) is 26.7 Å². The average Bonchev–Trinajstić information content (AvgIpc) is 2.39. The Morgan fingerprint density at radius 3 is 3.09 bits per heavy atom. The lowest BCUT2D eigenvalue weighted by molar-refractivity contribution is -0.517. The van der Waals surface area contributed by atoms with Crippen LogP contribution in [0, 0.1) is 10.1 Å². The molecule has 0 aliphatic rings. The van der Waals surface area contributed by atoms with Crippen molar-refractivity contribution in [1.29, 1.82) is 0 Å². The molecule has 0 saturated heterocycles. The summed E-state index contributed by atoms with van der Waals surface area (Å²) in [6, 6.07) is -0.504. The summed E-state index contributed by atoms with van der Waals surface area (Å²) in [5, 5.41) is 10.2. The van der Waals surface area contributed by atoms with Crippen LogP contribution in [0.3, 0.4) is 0 Å². The minimum absolute atomic E-state index is 0.278. The molecule has 4 nitrogen and oxygen atoms in total. The van der Waals surface area contributed by atoms with Crippen LogP contribution in [0.25, 0.3) is 0 Å². The highest BCUT2D eigenvalue weighted by Crippen LogP contribution is 2.09. The third-order valence-electron chi connectivity index (χ3n) is 1.34. The zero-order valence-corrected chi connectivity index (χ0v) is 6.87. The lowest BCUT2D eigenvalue weighted by atomic mass is 10.2. The first kappa shape index (κ1) is 8.13. The Morgan fingerprint density at radius 1 is 1.91 bits per heavy atom. The van der Waals surface area contributed by atoms with Gasteiger partial charge in [0.1, 0.15) is 0 Å². The quantitative estimate of drug-likeness (QED) is 0.510. The highest BCUT2D eigenvalue weighted by molar-refractivity contribution is 7.09. The summed E-state index contributed by atoms with van der Waals surface area (Å²) in [6.07, 6.45) is 2.16. The molecule has 5 heteroatoms. The van der Waals surface area contributed by atoms with Crippen molar-refractivity contribution in [2.75, 3.05) is 0 Å². The Morgan fingerprint density at radius 2 is 2.64 bits per heavy atom. The molecule has 0 N–H and O–H groups in total. The van der Waals surface area contributed by atoms with Gasteiger partial charge >= 0.3 is 0 Å². The fraction of sp³-hybridized carbons (Fsp3) is 0.500. The largest absolute Gasteiger partial charge is 0.264 e. The number of nitro groups is 1. The summed E-state index contributed by atoms with van der Waals surface area (Å²) in [6.45, 7) is 1.60. The molecule has 1 unspecified atom stereocenters. The molecule has 1 atom stereocenters. The van der Waals surface area contributed by atoms with Gasteiger partial charge in [-0.3, -0.25) is 15.1 Å². The van der Waals surface area contributed by atoms with E-state index in [1.54, 1.807) is 18.6 Å². The van der Waals surface area contributed by atoms with Crippen molar-refractivity contribution in [1.82, 2.24) is 4.98 Å². The van der Waals surface area contributed by atoms with E-state index < -0.39 is 6.04 Å². The molecule has 0 fully saturated rings. The molecule has 60 valence electrons. The van der Waals surface area contributed by atoms with E-state index in [4.69, 9.17) is 0 Å². The minimum atomic E-state index is -0.504. The SMILES string of the molecule is CC(Cc1cncs1)[N+](=O)[O-]. The van der Waals surface area contributed by atoms with E-state index in [9.17, 15) is 10.1 Å². The second-order valence-electron chi connectivity index (χ2n) is 2.31. The molecule has 0 aliphatic heterocycles. The minimum Gasteiger partial charge on any atom is -0.264 e. The van der Waals surface area contributed by atoms with Gasteiger partial charge in [0.15, 0.2) is 0 Å². The molecule has 0 saturated carbocycles. The van der Waals surface area contributed by atoms with E-state index in [-0.39, 0.29) is 4.92 Å².